The van der Waals surface area contributed by atoms with Gasteiger partial charge in [0.1, 0.15) is 5.60 Å². The standard InChI is InChI=1S/C13H27NO3/c1-10(2)7-13(6,9-15)8-14-11(16)17-12(3,4)5/h10,15H,7-9H2,1-6H3,(H,14,16). The van der Waals surface area contributed by atoms with Gasteiger partial charge < -0.3 is 15.2 Å². The third-order valence-corrected chi connectivity index (χ3v) is 2.34. The molecular formula is C13H27NO3. The zero-order valence-electron chi connectivity index (χ0n) is 12.0. The van der Waals surface area contributed by atoms with E-state index in [1.165, 1.54) is 0 Å². The number of amides is 1. The van der Waals surface area contributed by atoms with Gasteiger partial charge in [0, 0.05) is 12.0 Å². The number of ether oxygens (including phenoxy) is 1. The van der Waals surface area contributed by atoms with Gasteiger partial charge in [0.2, 0.25) is 0 Å². The van der Waals surface area contributed by atoms with Crippen LogP contribution in [-0.4, -0.2) is 30.0 Å². The number of hydrogen-bond acceptors (Lipinski definition) is 3. The van der Waals surface area contributed by atoms with Crippen molar-refractivity contribution in [1.29, 1.82) is 0 Å². The van der Waals surface area contributed by atoms with E-state index in [0.29, 0.717) is 12.5 Å². The van der Waals surface area contributed by atoms with E-state index < -0.39 is 11.7 Å². The van der Waals surface area contributed by atoms with Gasteiger partial charge in [-0.1, -0.05) is 20.8 Å². The number of carbonyl (C=O) groups is 1. The molecule has 0 radical (unpaired) electrons. The van der Waals surface area contributed by atoms with Gasteiger partial charge in [-0.2, -0.15) is 0 Å². The van der Waals surface area contributed by atoms with E-state index in [1.807, 2.05) is 27.7 Å². The fourth-order valence-corrected chi connectivity index (χ4v) is 1.78. The fourth-order valence-electron chi connectivity index (χ4n) is 1.78. The maximum atomic E-state index is 11.5. The van der Waals surface area contributed by atoms with Gasteiger partial charge in [0.15, 0.2) is 0 Å². The molecule has 102 valence electrons. The molecule has 0 heterocycles. The highest BCUT2D eigenvalue weighted by Crippen LogP contribution is 2.24. The smallest absolute Gasteiger partial charge is 0.407 e. The number of nitrogens with one attached hydrogen (secondary N) is 1. The lowest BCUT2D eigenvalue weighted by molar-refractivity contribution is 0.0462. The SMILES string of the molecule is CC(C)CC(C)(CO)CNC(=O)OC(C)(C)C. The van der Waals surface area contributed by atoms with Crippen LogP contribution >= 0.6 is 0 Å². The molecule has 0 aromatic rings. The first kappa shape index (κ1) is 16.2. The number of aliphatic hydroxyl groups is 1. The summed E-state index contributed by atoms with van der Waals surface area (Å²) in [7, 11) is 0. The lowest BCUT2D eigenvalue weighted by atomic mass is 9.83. The van der Waals surface area contributed by atoms with E-state index >= 15 is 0 Å². The van der Waals surface area contributed by atoms with E-state index in [9.17, 15) is 9.90 Å². The molecule has 0 spiro atoms. The quantitative estimate of drug-likeness (QED) is 0.782. The van der Waals surface area contributed by atoms with Crippen molar-refractivity contribution in [3.63, 3.8) is 0 Å². The van der Waals surface area contributed by atoms with Crippen LogP contribution in [0, 0.1) is 11.3 Å². The highest BCUT2D eigenvalue weighted by molar-refractivity contribution is 5.67. The third-order valence-electron chi connectivity index (χ3n) is 2.34. The van der Waals surface area contributed by atoms with Crippen LogP contribution in [0.25, 0.3) is 0 Å². The average Bonchev–Trinajstić information content (AvgIpc) is 2.11. The summed E-state index contributed by atoms with van der Waals surface area (Å²) in [6, 6.07) is 0. The van der Waals surface area contributed by atoms with Crippen molar-refractivity contribution in [2.45, 2.75) is 53.6 Å². The van der Waals surface area contributed by atoms with Crippen molar-refractivity contribution >= 4 is 6.09 Å². The van der Waals surface area contributed by atoms with Crippen LogP contribution in [0.1, 0.15) is 48.0 Å². The van der Waals surface area contributed by atoms with Crippen LogP contribution in [0.3, 0.4) is 0 Å². The molecule has 4 nitrogen and oxygen atoms in total. The highest BCUT2D eigenvalue weighted by Gasteiger charge is 2.26. The predicted octanol–water partition coefficient (Wildman–Crippen LogP) is 2.56. The molecule has 1 atom stereocenters. The summed E-state index contributed by atoms with van der Waals surface area (Å²) in [5.74, 6) is 0.479. The highest BCUT2D eigenvalue weighted by atomic mass is 16.6. The second-order valence-corrected chi connectivity index (χ2v) is 6.42. The van der Waals surface area contributed by atoms with E-state index in [4.69, 9.17) is 4.74 Å². The summed E-state index contributed by atoms with van der Waals surface area (Å²) in [5.41, 5.74) is -0.775. The van der Waals surface area contributed by atoms with Crippen LogP contribution < -0.4 is 5.32 Å². The molecule has 0 saturated carbocycles. The summed E-state index contributed by atoms with van der Waals surface area (Å²) in [6.07, 6.45) is 0.431. The molecule has 1 amide bonds. The monoisotopic (exact) mass is 245 g/mol. The molecule has 0 aromatic carbocycles. The first-order chi connectivity index (χ1) is 7.58. The van der Waals surface area contributed by atoms with E-state index in [2.05, 4.69) is 19.2 Å². The Bertz CT molecular complexity index is 246. The van der Waals surface area contributed by atoms with E-state index in [0.717, 1.165) is 6.42 Å². The molecule has 0 aliphatic carbocycles. The summed E-state index contributed by atoms with van der Waals surface area (Å²) < 4.78 is 5.15. The molecule has 0 aliphatic heterocycles. The van der Waals surface area contributed by atoms with Crippen LogP contribution in [0.2, 0.25) is 0 Å². The topological polar surface area (TPSA) is 58.6 Å². The van der Waals surface area contributed by atoms with Gasteiger partial charge in [-0.3, -0.25) is 0 Å². The second kappa shape index (κ2) is 6.24. The molecule has 17 heavy (non-hydrogen) atoms. The minimum atomic E-state index is -0.488. The number of rotatable bonds is 5. The third kappa shape index (κ3) is 8.02. The van der Waals surface area contributed by atoms with Gasteiger partial charge in [0.05, 0.1) is 6.61 Å². The van der Waals surface area contributed by atoms with Crippen molar-refractivity contribution in [2.75, 3.05) is 13.2 Å². The van der Waals surface area contributed by atoms with Crippen LogP contribution in [-0.2, 0) is 4.74 Å². The lowest BCUT2D eigenvalue weighted by Crippen LogP contribution is -2.41. The minimum absolute atomic E-state index is 0.0565. The largest absolute Gasteiger partial charge is 0.444 e. The molecule has 0 saturated heterocycles. The van der Waals surface area contributed by atoms with Gasteiger partial charge >= 0.3 is 6.09 Å². The fraction of sp³-hybridized carbons (Fsp3) is 0.923. The average molecular weight is 245 g/mol. The molecule has 0 bridgehead atoms. The molecule has 0 aliphatic rings. The molecule has 1 unspecified atom stereocenters. The summed E-state index contributed by atoms with van der Waals surface area (Å²) in [4.78, 5) is 11.5. The zero-order valence-corrected chi connectivity index (χ0v) is 12.0. The summed E-state index contributed by atoms with van der Waals surface area (Å²) in [5, 5.41) is 12.1. The first-order valence-electron chi connectivity index (χ1n) is 6.16. The number of hydrogen-bond donors (Lipinski definition) is 2. The van der Waals surface area contributed by atoms with Crippen LogP contribution in [0.15, 0.2) is 0 Å². The Morgan fingerprint density at radius 1 is 1.29 bits per heavy atom. The normalized spacial score (nSPS) is 15.5. The Morgan fingerprint density at radius 2 is 1.82 bits per heavy atom. The molecule has 4 heteroatoms. The minimum Gasteiger partial charge on any atom is -0.444 e. The maximum Gasteiger partial charge on any atom is 0.407 e. The molecule has 0 fully saturated rings. The molecular weight excluding hydrogens is 218 g/mol. The van der Waals surface area contributed by atoms with Gasteiger partial charge in [-0.05, 0) is 33.1 Å². The Morgan fingerprint density at radius 3 is 2.18 bits per heavy atom. The first-order valence-corrected chi connectivity index (χ1v) is 6.16. The van der Waals surface area contributed by atoms with Crippen molar-refractivity contribution in [3.05, 3.63) is 0 Å². The van der Waals surface area contributed by atoms with Crippen molar-refractivity contribution in [1.82, 2.24) is 5.32 Å². The lowest BCUT2D eigenvalue weighted by Gasteiger charge is -2.30. The molecule has 0 aromatic heterocycles. The second-order valence-electron chi connectivity index (χ2n) is 6.42. The van der Waals surface area contributed by atoms with Crippen molar-refractivity contribution in [3.8, 4) is 0 Å². The number of alkyl carbamates (subject to hydrolysis) is 1. The van der Waals surface area contributed by atoms with E-state index in [-0.39, 0.29) is 12.0 Å². The van der Waals surface area contributed by atoms with Crippen molar-refractivity contribution in [2.24, 2.45) is 11.3 Å². The summed E-state index contributed by atoms with van der Waals surface area (Å²) in [6.45, 7) is 12.1. The van der Waals surface area contributed by atoms with Crippen LogP contribution in [0.4, 0.5) is 4.79 Å². The number of aliphatic hydroxyl groups excluding tert-OH is 1. The molecule has 0 rings (SSSR count). The van der Waals surface area contributed by atoms with Gasteiger partial charge in [0.25, 0.3) is 0 Å². The van der Waals surface area contributed by atoms with E-state index in [1.54, 1.807) is 0 Å². The Labute approximate surface area is 105 Å². The van der Waals surface area contributed by atoms with Crippen LogP contribution in [0.5, 0.6) is 0 Å². The number of carbonyl (C=O) groups excluding carboxylic acids is 1. The predicted molar refractivity (Wildman–Crippen MR) is 68.9 cm³/mol. The Balaban J connectivity index is 4.19. The molecule has 2 N–H and O–H groups in total. The Kier molecular flexibility index (Phi) is 5.96. The van der Waals surface area contributed by atoms with Crippen molar-refractivity contribution < 1.29 is 14.6 Å². The van der Waals surface area contributed by atoms with Gasteiger partial charge in [-0.25, -0.2) is 4.79 Å². The maximum absolute atomic E-state index is 11.5. The Hall–Kier alpha value is -0.770. The zero-order chi connectivity index (χ0) is 13.7. The van der Waals surface area contributed by atoms with Gasteiger partial charge in [-0.15, -0.1) is 0 Å². The summed E-state index contributed by atoms with van der Waals surface area (Å²) >= 11 is 0.